The minimum atomic E-state index is -0.194. The highest BCUT2D eigenvalue weighted by molar-refractivity contribution is 9.09. The second-order valence-corrected chi connectivity index (χ2v) is 5.08. The van der Waals surface area contributed by atoms with Gasteiger partial charge in [-0.05, 0) is 24.1 Å². The van der Waals surface area contributed by atoms with Gasteiger partial charge in [-0.3, -0.25) is 4.79 Å². The Hall–Kier alpha value is -0.250. The zero-order valence-electron chi connectivity index (χ0n) is 8.77. The van der Waals surface area contributed by atoms with Crippen molar-refractivity contribution in [1.29, 1.82) is 0 Å². The predicted molar refractivity (Wildman–Crippen MR) is 71.8 cm³/mol. The van der Waals surface area contributed by atoms with E-state index < -0.39 is 0 Å². The van der Waals surface area contributed by atoms with Crippen molar-refractivity contribution >= 4 is 45.0 Å². The molecule has 1 aromatic carbocycles. The average Bonchev–Trinajstić information content (AvgIpc) is 2.28. The maximum Gasteiger partial charge on any atom is 0.252 e. The smallest absolute Gasteiger partial charge is 0.252 e. The highest BCUT2D eigenvalue weighted by atomic mass is 79.9. The molecule has 0 radical (unpaired) electrons. The highest BCUT2D eigenvalue weighted by Crippen LogP contribution is 2.20. The van der Waals surface area contributed by atoms with Crippen LogP contribution in [0.2, 0.25) is 10.0 Å². The average molecular weight is 325 g/mol. The molecule has 1 atom stereocenters. The third kappa shape index (κ3) is 3.96. The molecule has 5 heteroatoms. The van der Waals surface area contributed by atoms with Crippen LogP contribution in [-0.4, -0.2) is 17.8 Å². The second kappa shape index (κ2) is 6.48. The van der Waals surface area contributed by atoms with Gasteiger partial charge in [-0.2, -0.15) is 0 Å². The van der Waals surface area contributed by atoms with E-state index >= 15 is 0 Å². The Morgan fingerprint density at radius 3 is 2.81 bits per heavy atom. The van der Waals surface area contributed by atoms with E-state index in [1.807, 2.05) is 6.92 Å². The molecule has 0 aliphatic heterocycles. The number of alkyl halides is 1. The van der Waals surface area contributed by atoms with Crippen molar-refractivity contribution in [1.82, 2.24) is 5.32 Å². The lowest BCUT2D eigenvalue weighted by molar-refractivity contribution is 0.0949. The number of hydrogen-bond acceptors (Lipinski definition) is 1. The minimum Gasteiger partial charge on any atom is -0.352 e. The monoisotopic (exact) mass is 323 g/mol. The summed E-state index contributed by atoms with van der Waals surface area (Å²) < 4.78 is 0. The van der Waals surface area contributed by atoms with Crippen LogP contribution in [0.3, 0.4) is 0 Å². The molecule has 1 unspecified atom stereocenters. The molecular weight excluding hydrogens is 313 g/mol. The first-order chi connectivity index (χ1) is 7.54. The molecule has 2 nitrogen and oxygen atoms in total. The normalized spacial score (nSPS) is 12.2. The Balaban J connectivity index is 2.69. The van der Waals surface area contributed by atoms with E-state index in [4.69, 9.17) is 23.2 Å². The van der Waals surface area contributed by atoms with Crippen LogP contribution >= 0.6 is 39.1 Å². The van der Waals surface area contributed by atoms with Crippen molar-refractivity contribution in [2.45, 2.75) is 6.92 Å². The molecule has 0 spiro atoms. The Labute approximate surface area is 113 Å². The van der Waals surface area contributed by atoms with Gasteiger partial charge in [0.25, 0.3) is 5.91 Å². The molecule has 0 bridgehead atoms. The van der Waals surface area contributed by atoms with Crippen LogP contribution in [0.5, 0.6) is 0 Å². The van der Waals surface area contributed by atoms with Crippen molar-refractivity contribution in [2.24, 2.45) is 5.92 Å². The minimum absolute atomic E-state index is 0.194. The lowest BCUT2D eigenvalue weighted by Crippen LogP contribution is -2.29. The van der Waals surface area contributed by atoms with Crippen LogP contribution in [0.4, 0.5) is 0 Å². The molecule has 0 aliphatic rings. The quantitative estimate of drug-likeness (QED) is 0.839. The predicted octanol–water partition coefficient (Wildman–Crippen LogP) is 3.75. The molecule has 0 saturated heterocycles. The summed E-state index contributed by atoms with van der Waals surface area (Å²) in [6.07, 6.45) is 0. The van der Waals surface area contributed by atoms with Crippen LogP contribution in [-0.2, 0) is 0 Å². The van der Waals surface area contributed by atoms with Crippen LogP contribution in [0.15, 0.2) is 18.2 Å². The Bertz CT molecular complexity index is 384. The summed E-state index contributed by atoms with van der Waals surface area (Å²) in [6, 6.07) is 4.84. The number of amides is 1. The molecule has 1 amide bonds. The number of hydrogen-bond donors (Lipinski definition) is 1. The first-order valence-electron chi connectivity index (χ1n) is 4.83. The Morgan fingerprint density at radius 2 is 2.19 bits per heavy atom. The van der Waals surface area contributed by atoms with E-state index in [9.17, 15) is 4.79 Å². The fraction of sp³-hybridized carbons (Fsp3) is 0.364. The van der Waals surface area contributed by atoms with Crippen LogP contribution < -0.4 is 5.32 Å². The van der Waals surface area contributed by atoms with Crippen LogP contribution in [0.25, 0.3) is 0 Å². The summed E-state index contributed by atoms with van der Waals surface area (Å²) in [5, 5.41) is 4.56. The zero-order valence-corrected chi connectivity index (χ0v) is 11.9. The molecule has 0 aliphatic carbocycles. The van der Waals surface area contributed by atoms with Gasteiger partial charge in [-0.25, -0.2) is 0 Å². The fourth-order valence-electron chi connectivity index (χ4n) is 1.09. The van der Waals surface area contributed by atoms with Crippen molar-refractivity contribution < 1.29 is 4.79 Å². The van der Waals surface area contributed by atoms with E-state index in [1.54, 1.807) is 18.2 Å². The molecule has 1 N–H and O–H groups in total. The Morgan fingerprint density at radius 1 is 1.50 bits per heavy atom. The number of carbonyl (C=O) groups is 1. The largest absolute Gasteiger partial charge is 0.352 e. The summed E-state index contributed by atoms with van der Waals surface area (Å²) in [5.41, 5.74) is 0.413. The summed E-state index contributed by atoms with van der Waals surface area (Å²) in [6.45, 7) is 2.64. The first kappa shape index (κ1) is 13.8. The van der Waals surface area contributed by atoms with Crippen molar-refractivity contribution in [3.63, 3.8) is 0 Å². The lowest BCUT2D eigenvalue weighted by Gasteiger charge is -2.10. The SMILES string of the molecule is CC(CBr)CNC(=O)c1cc(Cl)ccc1Cl. The Kier molecular flexibility index (Phi) is 5.59. The molecule has 16 heavy (non-hydrogen) atoms. The number of rotatable bonds is 4. The van der Waals surface area contributed by atoms with Crippen molar-refractivity contribution in [3.05, 3.63) is 33.8 Å². The maximum absolute atomic E-state index is 11.8. The van der Waals surface area contributed by atoms with Gasteiger partial charge in [0.1, 0.15) is 0 Å². The summed E-state index contributed by atoms with van der Waals surface area (Å²) in [4.78, 5) is 11.8. The second-order valence-electron chi connectivity index (χ2n) is 3.59. The van der Waals surface area contributed by atoms with E-state index in [0.717, 1.165) is 5.33 Å². The number of carbonyl (C=O) groups excluding carboxylic acids is 1. The number of nitrogens with one attached hydrogen (secondary N) is 1. The topological polar surface area (TPSA) is 29.1 Å². The van der Waals surface area contributed by atoms with E-state index in [2.05, 4.69) is 21.2 Å². The third-order valence-corrected chi connectivity index (χ3v) is 3.72. The van der Waals surface area contributed by atoms with Gasteiger partial charge in [0, 0.05) is 16.9 Å². The van der Waals surface area contributed by atoms with E-state index in [0.29, 0.717) is 28.1 Å². The molecule has 1 aromatic rings. The van der Waals surface area contributed by atoms with E-state index in [-0.39, 0.29) is 5.91 Å². The first-order valence-corrected chi connectivity index (χ1v) is 6.71. The zero-order chi connectivity index (χ0) is 12.1. The highest BCUT2D eigenvalue weighted by Gasteiger charge is 2.11. The van der Waals surface area contributed by atoms with Gasteiger partial charge in [-0.1, -0.05) is 46.1 Å². The van der Waals surface area contributed by atoms with Gasteiger partial charge >= 0.3 is 0 Å². The molecule has 88 valence electrons. The molecule has 1 rings (SSSR count). The summed E-state index contributed by atoms with van der Waals surface area (Å²) in [7, 11) is 0. The van der Waals surface area contributed by atoms with Crippen LogP contribution in [0.1, 0.15) is 17.3 Å². The molecule has 0 aromatic heterocycles. The third-order valence-electron chi connectivity index (χ3n) is 2.05. The maximum atomic E-state index is 11.8. The van der Waals surface area contributed by atoms with Crippen LogP contribution in [0, 0.1) is 5.92 Å². The number of halogens is 3. The van der Waals surface area contributed by atoms with Gasteiger partial charge < -0.3 is 5.32 Å². The number of benzene rings is 1. The van der Waals surface area contributed by atoms with Gasteiger partial charge in [-0.15, -0.1) is 0 Å². The molecule has 0 heterocycles. The van der Waals surface area contributed by atoms with Gasteiger partial charge in [0.2, 0.25) is 0 Å². The molecule has 0 fully saturated rings. The van der Waals surface area contributed by atoms with Gasteiger partial charge in [0.05, 0.1) is 10.6 Å². The fourth-order valence-corrected chi connectivity index (χ4v) is 1.69. The van der Waals surface area contributed by atoms with Gasteiger partial charge in [0.15, 0.2) is 0 Å². The van der Waals surface area contributed by atoms with Crippen molar-refractivity contribution in [3.8, 4) is 0 Å². The lowest BCUT2D eigenvalue weighted by atomic mass is 10.2. The van der Waals surface area contributed by atoms with Crippen molar-refractivity contribution in [2.75, 3.05) is 11.9 Å². The van der Waals surface area contributed by atoms with E-state index in [1.165, 1.54) is 0 Å². The summed E-state index contributed by atoms with van der Waals surface area (Å²) >= 11 is 15.1. The standard InChI is InChI=1S/C11H12BrCl2NO/c1-7(5-12)6-15-11(16)9-4-8(13)2-3-10(9)14/h2-4,7H,5-6H2,1H3,(H,15,16). The molecule has 0 saturated carbocycles. The summed E-state index contributed by atoms with van der Waals surface area (Å²) in [5.74, 6) is 0.183. The molecular formula is C11H12BrCl2NO.